The third kappa shape index (κ3) is 2.45. The van der Waals surface area contributed by atoms with Crippen molar-refractivity contribution in [3.05, 3.63) is 65.2 Å². The molecule has 1 aliphatic heterocycles. The summed E-state index contributed by atoms with van der Waals surface area (Å²) in [6.45, 7) is 0. The summed E-state index contributed by atoms with van der Waals surface area (Å²) >= 11 is 0. The molecule has 1 heterocycles. The second-order valence-electron chi connectivity index (χ2n) is 4.58. The number of para-hydroxylation sites is 1. The molecule has 0 unspecified atom stereocenters. The zero-order valence-electron chi connectivity index (χ0n) is 11.3. The Bertz CT molecular complexity index is 694. The number of hydrogen-bond acceptors (Lipinski definition) is 4. The van der Waals surface area contributed by atoms with Gasteiger partial charge in [0.1, 0.15) is 5.75 Å². The highest BCUT2D eigenvalue weighted by molar-refractivity contribution is 5.98. The van der Waals surface area contributed by atoms with E-state index in [0.29, 0.717) is 16.9 Å². The van der Waals surface area contributed by atoms with Gasteiger partial charge in [0, 0.05) is 5.56 Å². The van der Waals surface area contributed by atoms with E-state index in [1.165, 1.54) is 7.11 Å². The van der Waals surface area contributed by atoms with Crippen molar-refractivity contribution >= 4 is 11.9 Å². The molecule has 5 nitrogen and oxygen atoms in total. The van der Waals surface area contributed by atoms with Gasteiger partial charge in [-0.1, -0.05) is 24.3 Å². The Morgan fingerprint density at radius 2 is 1.86 bits per heavy atom. The molecule has 0 bridgehead atoms. The van der Waals surface area contributed by atoms with E-state index in [1.54, 1.807) is 42.5 Å². The van der Waals surface area contributed by atoms with Crippen molar-refractivity contribution in [3.63, 3.8) is 0 Å². The number of ether oxygens (including phenoxy) is 2. The van der Waals surface area contributed by atoms with Gasteiger partial charge in [0.25, 0.3) is 5.91 Å². The average Bonchev–Trinajstić information content (AvgIpc) is 2.54. The lowest BCUT2D eigenvalue weighted by atomic mass is 10.1. The quantitative estimate of drug-likeness (QED) is 0.859. The molecule has 0 radical (unpaired) electrons. The van der Waals surface area contributed by atoms with Gasteiger partial charge < -0.3 is 14.8 Å². The SMILES string of the molecule is COC(=O)c1ccc([C@@H]2NC(=O)c3ccccc3O2)cc1. The van der Waals surface area contributed by atoms with E-state index in [9.17, 15) is 9.59 Å². The van der Waals surface area contributed by atoms with Gasteiger partial charge in [-0.2, -0.15) is 0 Å². The normalized spacial score (nSPS) is 16.4. The van der Waals surface area contributed by atoms with Crippen LogP contribution < -0.4 is 10.1 Å². The van der Waals surface area contributed by atoms with E-state index in [2.05, 4.69) is 10.1 Å². The highest BCUT2D eigenvalue weighted by Crippen LogP contribution is 2.28. The number of esters is 1. The summed E-state index contributed by atoms with van der Waals surface area (Å²) < 4.78 is 10.4. The number of hydrogen-bond donors (Lipinski definition) is 1. The fraction of sp³-hybridized carbons (Fsp3) is 0.125. The smallest absolute Gasteiger partial charge is 0.337 e. The van der Waals surface area contributed by atoms with E-state index in [-0.39, 0.29) is 5.91 Å². The number of carbonyl (C=O) groups excluding carboxylic acids is 2. The van der Waals surface area contributed by atoms with E-state index in [4.69, 9.17) is 4.74 Å². The molecule has 5 heteroatoms. The largest absolute Gasteiger partial charge is 0.466 e. The van der Waals surface area contributed by atoms with Crippen LogP contribution in [0.25, 0.3) is 0 Å². The Hall–Kier alpha value is -2.82. The molecule has 0 aliphatic carbocycles. The van der Waals surface area contributed by atoms with Crippen molar-refractivity contribution in [2.75, 3.05) is 7.11 Å². The Morgan fingerprint density at radius 3 is 2.57 bits per heavy atom. The van der Waals surface area contributed by atoms with Crippen LogP contribution in [0, 0.1) is 0 Å². The van der Waals surface area contributed by atoms with Crippen LogP contribution in [0.2, 0.25) is 0 Å². The number of benzene rings is 2. The fourth-order valence-corrected chi connectivity index (χ4v) is 2.17. The lowest BCUT2D eigenvalue weighted by Gasteiger charge is -2.27. The lowest BCUT2D eigenvalue weighted by Crippen LogP contribution is -2.36. The molecule has 0 saturated heterocycles. The monoisotopic (exact) mass is 283 g/mol. The third-order valence-corrected chi connectivity index (χ3v) is 3.27. The number of methoxy groups -OCH3 is 1. The molecule has 2 aromatic rings. The molecule has 1 amide bonds. The molecule has 0 fully saturated rings. The molecule has 2 aromatic carbocycles. The zero-order valence-corrected chi connectivity index (χ0v) is 11.3. The summed E-state index contributed by atoms with van der Waals surface area (Å²) in [5.41, 5.74) is 1.72. The fourth-order valence-electron chi connectivity index (χ4n) is 2.17. The van der Waals surface area contributed by atoms with Crippen molar-refractivity contribution in [1.82, 2.24) is 5.32 Å². The highest BCUT2D eigenvalue weighted by Gasteiger charge is 2.26. The molecule has 0 aromatic heterocycles. The molecule has 21 heavy (non-hydrogen) atoms. The van der Waals surface area contributed by atoms with E-state index in [0.717, 1.165) is 5.56 Å². The molecule has 1 atom stereocenters. The van der Waals surface area contributed by atoms with E-state index in [1.807, 2.05) is 6.07 Å². The second kappa shape index (κ2) is 5.28. The second-order valence-corrected chi connectivity index (χ2v) is 4.58. The van der Waals surface area contributed by atoms with Crippen LogP contribution in [0.5, 0.6) is 5.75 Å². The van der Waals surface area contributed by atoms with Gasteiger partial charge in [-0.3, -0.25) is 4.79 Å². The number of amides is 1. The van der Waals surface area contributed by atoms with Gasteiger partial charge in [0.2, 0.25) is 0 Å². The van der Waals surface area contributed by atoms with Crippen LogP contribution >= 0.6 is 0 Å². The summed E-state index contributed by atoms with van der Waals surface area (Å²) in [7, 11) is 1.33. The predicted octanol–water partition coefficient (Wildman–Crippen LogP) is 2.29. The van der Waals surface area contributed by atoms with Crippen LogP contribution in [-0.4, -0.2) is 19.0 Å². The molecule has 106 valence electrons. The summed E-state index contributed by atoms with van der Waals surface area (Å²) in [6.07, 6.45) is -0.570. The maximum Gasteiger partial charge on any atom is 0.337 e. The van der Waals surface area contributed by atoms with Crippen molar-refractivity contribution < 1.29 is 19.1 Å². The minimum absolute atomic E-state index is 0.182. The molecule has 3 rings (SSSR count). The average molecular weight is 283 g/mol. The van der Waals surface area contributed by atoms with E-state index >= 15 is 0 Å². The van der Waals surface area contributed by atoms with Crippen molar-refractivity contribution in [2.45, 2.75) is 6.23 Å². The summed E-state index contributed by atoms with van der Waals surface area (Å²) in [5.74, 6) is -0.0392. The van der Waals surface area contributed by atoms with Crippen LogP contribution in [0.15, 0.2) is 48.5 Å². The Morgan fingerprint density at radius 1 is 1.14 bits per heavy atom. The number of fused-ring (bicyclic) bond motifs is 1. The van der Waals surface area contributed by atoms with Gasteiger partial charge in [0.15, 0.2) is 6.23 Å². The van der Waals surface area contributed by atoms with Gasteiger partial charge >= 0.3 is 5.97 Å². The van der Waals surface area contributed by atoms with E-state index < -0.39 is 12.2 Å². The van der Waals surface area contributed by atoms with Gasteiger partial charge in [-0.15, -0.1) is 0 Å². The summed E-state index contributed by atoms with van der Waals surface area (Å²) in [6, 6.07) is 13.8. The molecule has 0 saturated carbocycles. The molecular formula is C16H13NO4. The zero-order chi connectivity index (χ0) is 14.8. The van der Waals surface area contributed by atoms with Gasteiger partial charge in [-0.25, -0.2) is 4.79 Å². The molecule has 1 N–H and O–H groups in total. The summed E-state index contributed by atoms with van der Waals surface area (Å²) in [4.78, 5) is 23.4. The highest BCUT2D eigenvalue weighted by atomic mass is 16.5. The molecule has 0 spiro atoms. The maximum atomic E-state index is 12.0. The first-order valence-corrected chi connectivity index (χ1v) is 6.44. The van der Waals surface area contributed by atoms with Crippen molar-refractivity contribution in [2.24, 2.45) is 0 Å². The van der Waals surface area contributed by atoms with Crippen molar-refractivity contribution in [1.29, 1.82) is 0 Å². The first-order valence-electron chi connectivity index (χ1n) is 6.44. The maximum absolute atomic E-state index is 12.0. The standard InChI is InChI=1S/C16H13NO4/c1-20-16(19)11-8-6-10(7-9-11)15-17-14(18)12-4-2-3-5-13(12)21-15/h2-9,15H,1H3,(H,17,18)/t15-/m1/s1. The Labute approximate surface area is 121 Å². The van der Waals surface area contributed by atoms with Crippen LogP contribution in [0.4, 0.5) is 0 Å². The minimum atomic E-state index is -0.570. The first-order chi connectivity index (χ1) is 10.2. The van der Waals surface area contributed by atoms with Crippen LogP contribution in [-0.2, 0) is 4.74 Å². The minimum Gasteiger partial charge on any atom is -0.466 e. The lowest BCUT2D eigenvalue weighted by molar-refractivity contribution is 0.0599. The number of nitrogens with one attached hydrogen (secondary N) is 1. The molecular weight excluding hydrogens is 270 g/mol. The third-order valence-electron chi connectivity index (χ3n) is 3.27. The van der Waals surface area contributed by atoms with Crippen LogP contribution in [0.1, 0.15) is 32.5 Å². The van der Waals surface area contributed by atoms with Crippen LogP contribution in [0.3, 0.4) is 0 Å². The molecule has 1 aliphatic rings. The topological polar surface area (TPSA) is 64.6 Å². The van der Waals surface area contributed by atoms with Gasteiger partial charge in [-0.05, 0) is 24.3 Å². The van der Waals surface area contributed by atoms with Gasteiger partial charge in [0.05, 0.1) is 18.2 Å². The number of carbonyl (C=O) groups is 2. The first kappa shape index (κ1) is 13.2. The number of rotatable bonds is 2. The Balaban J connectivity index is 1.86. The predicted molar refractivity (Wildman–Crippen MR) is 75.1 cm³/mol. The van der Waals surface area contributed by atoms with Crippen molar-refractivity contribution in [3.8, 4) is 5.75 Å². The Kier molecular flexibility index (Phi) is 3.31. The summed E-state index contributed by atoms with van der Waals surface area (Å²) in [5, 5.41) is 2.77.